The highest BCUT2D eigenvalue weighted by atomic mass is 35.5. The molecular formula is C17H12ClFN4O2. The number of rotatable bonds is 3. The summed E-state index contributed by atoms with van der Waals surface area (Å²) in [4.78, 5) is 22.1. The molecule has 0 bridgehead atoms. The van der Waals surface area contributed by atoms with Crippen molar-refractivity contribution in [3.63, 3.8) is 0 Å². The van der Waals surface area contributed by atoms with Gasteiger partial charge in [-0.25, -0.2) is 4.39 Å². The molecule has 1 aliphatic heterocycles. The van der Waals surface area contributed by atoms with Crippen LogP contribution < -0.4 is 4.90 Å². The molecule has 6 nitrogen and oxygen atoms in total. The van der Waals surface area contributed by atoms with Gasteiger partial charge in [0.25, 0.3) is 0 Å². The number of benzene rings is 1. The molecule has 126 valence electrons. The SMILES string of the molecule is O=C1CC(c2nc(-c3ccncc3)no2)CN1c1cc(F)ccc1Cl. The van der Waals surface area contributed by atoms with E-state index >= 15 is 0 Å². The fraction of sp³-hybridized carbons (Fsp3) is 0.176. The largest absolute Gasteiger partial charge is 0.339 e. The van der Waals surface area contributed by atoms with E-state index in [-0.39, 0.29) is 18.2 Å². The number of halogens is 2. The van der Waals surface area contributed by atoms with Crippen molar-refractivity contribution in [3.05, 3.63) is 59.5 Å². The number of pyridine rings is 1. The lowest BCUT2D eigenvalue weighted by Crippen LogP contribution is -2.24. The Labute approximate surface area is 147 Å². The standard InChI is InChI=1S/C17H12ClFN4O2/c18-13-2-1-12(19)8-14(13)23-9-11(7-15(23)24)17-21-16(22-25-17)10-3-5-20-6-4-10/h1-6,8,11H,7,9H2. The Hall–Kier alpha value is -2.80. The van der Waals surface area contributed by atoms with E-state index in [0.29, 0.717) is 29.0 Å². The van der Waals surface area contributed by atoms with Crippen molar-refractivity contribution >= 4 is 23.2 Å². The predicted octanol–water partition coefficient (Wildman–Crippen LogP) is 3.44. The van der Waals surface area contributed by atoms with Gasteiger partial charge in [0, 0.05) is 30.9 Å². The van der Waals surface area contributed by atoms with Crippen molar-refractivity contribution in [1.82, 2.24) is 15.1 Å². The van der Waals surface area contributed by atoms with Gasteiger partial charge in [0.2, 0.25) is 17.6 Å². The molecule has 2 aromatic heterocycles. The molecule has 1 saturated heterocycles. The molecule has 0 spiro atoms. The van der Waals surface area contributed by atoms with Gasteiger partial charge in [-0.3, -0.25) is 9.78 Å². The van der Waals surface area contributed by atoms with Crippen molar-refractivity contribution in [2.45, 2.75) is 12.3 Å². The van der Waals surface area contributed by atoms with E-state index in [9.17, 15) is 9.18 Å². The summed E-state index contributed by atoms with van der Waals surface area (Å²) in [5.74, 6) is -0.0771. The molecule has 1 unspecified atom stereocenters. The average molecular weight is 359 g/mol. The van der Waals surface area contributed by atoms with Crippen LogP contribution in [0, 0.1) is 5.82 Å². The highest BCUT2D eigenvalue weighted by Crippen LogP contribution is 2.35. The van der Waals surface area contributed by atoms with Crippen LogP contribution in [0.5, 0.6) is 0 Å². The Bertz CT molecular complexity index is 931. The molecular weight excluding hydrogens is 347 g/mol. The minimum Gasteiger partial charge on any atom is -0.339 e. The van der Waals surface area contributed by atoms with Gasteiger partial charge >= 0.3 is 0 Å². The number of carbonyl (C=O) groups is 1. The van der Waals surface area contributed by atoms with Crippen molar-refractivity contribution in [3.8, 4) is 11.4 Å². The van der Waals surface area contributed by atoms with Gasteiger partial charge < -0.3 is 9.42 Å². The Morgan fingerprint density at radius 1 is 1.24 bits per heavy atom. The zero-order valence-corrected chi connectivity index (χ0v) is 13.7. The van der Waals surface area contributed by atoms with E-state index in [1.54, 1.807) is 24.5 Å². The van der Waals surface area contributed by atoms with E-state index in [2.05, 4.69) is 15.1 Å². The second-order valence-corrected chi connectivity index (χ2v) is 6.10. The lowest BCUT2D eigenvalue weighted by Gasteiger charge is -2.17. The van der Waals surface area contributed by atoms with Crippen molar-refractivity contribution < 1.29 is 13.7 Å². The zero-order chi connectivity index (χ0) is 17.4. The molecule has 1 aliphatic rings. The third kappa shape index (κ3) is 2.98. The summed E-state index contributed by atoms with van der Waals surface area (Å²) < 4.78 is 18.8. The Morgan fingerprint density at radius 2 is 2.04 bits per heavy atom. The summed E-state index contributed by atoms with van der Waals surface area (Å²) in [6.45, 7) is 0.306. The predicted molar refractivity (Wildman–Crippen MR) is 88.7 cm³/mol. The minimum absolute atomic E-state index is 0.166. The summed E-state index contributed by atoms with van der Waals surface area (Å²) in [5, 5.41) is 4.27. The molecule has 3 aromatic rings. The van der Waals surface area contributed by atoms with Crippen LogP contribution in [0.15, 0.2) is 47.2 Å². The smallest absolute Gasteiger partial charge is 0.232 e. The van der Waals surface area contributed by atoms with Crippen LogP contribution in [0.4, 0.5) is 10.1 Å². The van der Waals surface area contributed by atoms with Gasteiger partial charge in [-0.05, 0) is 30.3 Å². The van der Waals surface area contributed by atoms with E-state index in [1.807, 2.05) is 0 Å². The van der Waals surface area contributed by atoms with Crippen LogP contribution in [-0.2, 0) is 4.79 Å². The summed E-state index contributed by atoms with van der Waals surface area (Å²) >= 11 is 6.10. The second-order valence-electron chi connectivity index (χ2n) is 5.69. The first-order valence-electron chi connectivity index (χ1n) is 7.61. The monoisotopic (exact) mass is 358 g/mol. The number of nitrogens with zero attached hydrogens (tertiary/aromatic N) is 4. The number of aromatic nitrogens is 3. The highest BCUT2D eigenvalue weighted by Gasteiger charge is 2.36. The van der Waals surface area contributed by atoms with E-state index in [4.69, 9.17) is 16.1 Å². The molecule has 1 aromatic carbocycles. The first-order valence-corrected chi connectivity index (χ1v) is 7.99. The van der Waals surface area contributed by atoms with E-state index in [1.165, 1.54) is 23.1 Å². The third-order valence-electron chi connectivity index (χ3n) is 4.05. The van der Waals surface area contributed by atoms with Crippen LogP contribution >= 0.6 is 11.6 Å². The quantitative estimate of drug-likeness (QED) is 0.717. The van der Waals surface area contributed by atoms with E-state index < -0.39 is 5.82 Å². The van der Waals surface area contributed by atoms with Crippen LogP contribution in [-0.4, -0.2) is 27.6 Å². The lowest BCUT2D eigenvalue weighted by atomic mass is 10.1. The lowest BCUT2D eigenvalue weighted by molar-refractivity contribution is -0.117. The van der Waals surface area contributed by atoms with Gasteiger partial charge in [0.15, 0.2) is 0 Å². The molecule has 0 N–H and O–H groups in total. The van der Waals surface area contributed by atoms with Gasteiger partial charge in [0.1, 0.15) is 5.82 Å². The Balaban J connectivity index is 1.59. The maximum Gasteiger partial charge on any atom is 0.232 e. The average Bonchev–Trinajstić information content (AvgIpc) is 3.25. The Kier molecular flexibility index (Phi) is 3.93. The van der Waals surface area contributed by atoms with Crippen molar-refractivity contribution in [1.29, 1.82) is 0 Å². The first kappa shape index (κ1) is 15.7. The number of hydrogen-bond donors (Lipinski definition) is 0. The number of carbonyl (C=O) groups excluding carboxylic acids is 1. The minimum atomic E-state index is -0.451. The second kappa shape index (κ2) is 6.25. The van der Waals surface area contributed by atoms with Crippen LogP contribution in [0.3, 0.4) is 0 Å². The molecule has 0 aliphatic carbocycles. The number of hydrogen-bond acceptors (Lipinski definition) is 5. The third-order valence-corrected chi connectivity index (χ3v) is 4.37. The summed E-state index contributed by atoms with van der Waals surface area (Å²) in [6, 6.07) is 7.48. The normalized spacial score (nSPS) is 17.3. The summed E-state index contributed by atoms with van der Waals surface area (Å²) in [5.41, 5.74) is 1.13. The molecule has 0 saturated carbocycles. The maximum atomic E-state index is 13.5. The molecule has 0 radical (unpaired) electrons. The topological polar surface area (TPSA) is 72.1 Å². The molecule has 4 rings (SSSR count). The summed E-state index contributed by atoms with van der Waals surface area (Å²) in [7, 11) is 0. The number of anilines is 1. The van der Waals surface area contributed by atoms with Crippen molar-refractivity contribution in [2.24, 2.45) is 0 Å². The van der Waals surface area contributed by atoms with Crippen LogP contribution in [0.2, 0.25) is 5.02 Å². The van der Waals surface area contributed by atoms with Crippen molar-refractivity contribution in [2.75, 3.05) is 11.4 Å². The zero-order valence-electron chi connectivity index (χ0n) is 12.9. The first-order chi connectivity index (χ1) is 12.1. The Morgan fingerprint density at radius 3 is 2.84 bits per heavy atom. The fourth-order valence-electron chi connectivity index (χ4n) is 2.82. The highest BCUT2D eigenvalue weighted by molar-refractivity contribution is 6.33. The molecule has 8 heteroatoms. The van der Waals surface area contributed by atoms with Crippen LogP contribution in [0.25, 0.3) is 11.4 Å². The molecule has 1 fully saturated rings. The molecule has 3 heterocycles. The van der Waals surface area contributed by atoms with E-state index in [0.717, 1.165) is 5.56 Å². The molecule has 1 atom stereocenters. The summed E-state index contributed by atoms with van der Waals surface area (Å²) in [6.07, 6.45) is 3.47. The molecule has 1 amide bonds. The maximum absolute atomic E-state index is 13.5. The van der Waals surface area contributed by atoms with Gasteiger partial charge in [-0.15, -0.1) is 0 Å². The fourth-order valence-corrected chi connectivity index (χ4v) is 3.04. The van der Waals surface area contributed by atoms with Gasteiger partial charge in [-0.2, -0.15) is 4.98 Å². The van der Waals surface area contributed by atoms with Gasteiger partial charge in [0.05, 0.1) is 16.6 Å². The van der Waals surface area contributed by atoms with Crippen LogP contribution in [0.1, 0.15) is 18.2 Å². The molecule has 25 heavy (non-hydrogen) atoms. The van der Waals surface area contributed by atoms with Gasteiger partial charge in [-0.1, -0.05) is 16.8 Å². The number of amides is 1.